The highest BCUT2D eigenvalue weighted by Crippen LogP contribution is 2.24. The van der Waals surface area contributed by atoms with Crippen molar-refractivity contribution in [2.24, 2.45) is 0 Å². The smallest absolute Gasteiger partial charge is 0.251 e. The minimum Gasteiger partial charge on any atom is -0.348 e. The number of rotatable bonds is 6. The zero-order valence-corrected chi connectivity index (χ0v) is 18.5. The molecule has 0 bridgehead atoms. The zero-order valence-electron chi connectivity index (χ0n) is 17.7. The Hall–Kier alpha value is -3.14. The molecule has 0 radical (unpaired) electrons. The number of hydrogen-bond acceptors (Lipinski definition) is 2. The molecule has 1 amide bonds. The van der Waals surface area contributed by atoms with Gasteiger partial charge in [-0.1, -0.05) is 66.2 Å². The lowest BCUT2D eigenvalue weighted by atomic mass is 10.0. The predicted octanol–water partition coefficient (Wildman–Crippen LogP) is 6.15. The minimum absolute atomic E-state index is 0.0844. The second kappa shape index (κ2) is 9.34. The van der Waals surface area contributed by atoms with Crippen LogP contribution in [0.25, 0.3) is 21.9 Å². The first kappa shape index (κ1) is 21.1. The molecule has 0 aliphatic carbocycles. The number of benzene rings is 4. The molecule has 0 fully saturated rings. The van der Waals surface area contributed by atoms with Crippen LogP contribution in [0.1, 0.15) is 21.5 Å². The van der Waals surface area contributed by atoms with E-state index in [0.29, 0.717) is 17.1 Å². The van der Waals surface area contributed by atoms with Crippen molar-refractivity contribution in [2.45, 2.75) is 13.1 Å². The van der Waals surface area contributed by atoms with Crippen LogP contribution in [0.2, 0.25) is 5.02 Å². The van der Waals surface area contributed by atoms with E-state index in [1.165, 1.54) is 16.3 Å². The van der Waals surface area contributed by atoms with Crippen LogP contribution in [0.4, 0.5) is 0 Å². The molecule has 0 aromatic heterocycles. The summed E-state index contributed by atoms with van der Waals surface area (Å²) < 4.78 is 0. The van der Waals surface area contributed by atoms with E-state index in [2.05, 4.69) is 54.6 Å². The molecule has 4 aromatic carbocycles. The van der Waals surface area contributed by atoms with Gasteiger partial charge in [-0.25, -0.2) is 0 Å². The van der Waals surface area contributed by atoms with Crippen molar-refractivity contribution in [3.8, 4) is 11.1 Å². The largest absolute Gasteiger partial charge is 0.348 e. The first-order valence-corrected chi connectivity index (χ1v) is 10.7. The Bertz CT molecular complexity index is 1220. The number of halogens is 1. The van der Waals surface area contributed by atoms with Crippen molar-refractivity contribution in [1.82, 2.24) is 10.2 Å². The lowest BCUT2D eigenvalue weighted by Crippen LogP contribution is -2.22. The first-order valence-electron chi connectivity index (χ1n) is 10.3. The van der Waals surface area contributed by atoms with E-state index in [0.717, 1.165) is 23.2 Å². The Morgan fingerprint density at radius 2 is 1.65 bits per heavy atom. The van der Waals surface area contributed by atoms with Gasteiger partial charge in [0.25, 0.3) is 5.91 Å². The fraction of sp³-hybridized carbons (Fsp3) is 0.148. The summed E-state index contributed by atoms with van der Waals surface area (Å²) in [4.78, 5) is 14.8. The molecule has 156 valence electrons. The average Bonchev–Trinajstić information content (AvgIpc) is 2.77. The summed E-state index contributed by atoms with van der Waals surface area (Å²) in [5.74, 6) is -0.0844. The average molecular weight is 429 g/mol. The summed E-state index contributed by atoms with van der Waals surface area (Å²) >= 11 is 6.08. The van der Waals surface area contributed by atoms with E-state index >= 15 is 0 Å². The van der Waals surface area contributed by atoms with Crippen LogP contribution in [0.15, 0.2) is 84.9 Å². The van der Waals surface area contributed by atoms with Gasteiger partial charge in [-0.2, -0.15) is 0 Å². The summed E-state index contributed by atoms with van der Waals surface area (Å²) in [5.41, 5.74) is 5.08. The third-order valence-corrected chi connectivity index (χ3v) is 5.51. The van der Waals surface area contributed by atoms with Crippen LogP contribution in [-0.2, 0) is 13.1 Å². The van der Waals surface area contributed by atoms with Crippen molar-refractivity contribution < 1.29 is 4.79 Å². The molecule has 1 N–H and O–H groups in total. The number of nitrogens with one attached hydrogen (secondary N) is 1. The van der Waals surface area contributed by atoms with E-state index < -0.39 is 0 Å². The van der Waals surface area contributed by atoms with E-state index in [9.17, 15) is 4.79 Å². The van der Waals surface area contributed by atoms with Gasteiger partial charge >= 0.3 is 0 Å². The van der Waals surface area contributed by atoms with Gasteiger partial charge in [0.05, 0.1) is 0 Å². The summed E-state index contributed by atoms with van der Waals surface area (Å²) in [5, 5.41) is 6.11. The Kier molecular flexibility index (Phi) is 6.36. The molecular formula is C27H25ClN2O. The van der Waals surface area contributed by atoms with Crippen LogP contribution in [0.5, 0.6) is 0 Å². The lowest BCUT2D eigenvalue weighted by molar-refractivity contribution is 0.0951. The number of amides is 1. The normalized spacial score (nSPS) is 11.1. The van der Waals surface area contributed by atoms with Gasteiger partial charge in [0, 0.05) is 23.7 Å². The topological polar surface area (TPSA) is 32.3 Å². The van der Waals surface area contributed by atoms with Crippen LogP contribution >= 0.6 is 11.6 Å². The molecule has 0 unspecified atom stereocenters. The van der Waals surface area contributed by atoms with E-state index in [-0.39, 0.29) is 5.91 Å². The quantitative estimate of drug-likeness (QED) is 0.399. The molecule has 4 rings (SSSR count). The summed E-state index contributed by atoms with van der Waals surface area (Å²) in [6.07, 6.45) is 0. The molecule has 0 saturated heterocycles. The molecule has 0 spiro atoms. The summed E-state index contributed by atoms with van der Waals surface area (Å²) in [6, 6.07) is 28.0. The molecule has 0 aliphatic rings. The Morgan fingerprint density at radius 3 is 2.39 bits per heavy atom. The van der Waals surface area contributed by atoms with Gasteiger partial charge in [-0.15, -0.1) is 0 Å². The van der Waals surface area contributed by atoms with Crippen LogP contribution in [-0.4, -0.2) is 24.9 Å². The van der Waals surface area contributed by atoms with Crippen molar-refractivity contribution >= 4 is 28.3 Å². The lowest BCUT2D eigenvalue weighted by Gasteiger charge is -2.12. The maximum absolute atomic E-state index is 12.7. The standard InChI is InChI=1S/C27H25ClN2O/c1-30(2)18-19-9-14-26-23(15-19)6-3-7-24(26)17-29-27(31)21-12-10-20(11-13-21)22-5-4-8-25(28)16-22/h3-16H,17-18H2,1-2H3,(H,29,31). The third kappa shape index (κ3) is 5.13. The van der Waals surface area contributed by atoms with Gasteiger partial charge in [0.1, 0.15) is 0 Å². The number of carbonyl (C=O) groups is 1. The monoisotopic (exact) mass is 428 g/mol. The number of fused-ring (bicyclic) bond motifs is 1. The molecule has 0 saturated carbocycles. The molecule has 3 nitrogen and oxygen atoms in total. The SMILES string of the molecule is CN(C)Cc1ccc2c(CNC(=O)c3ccc(-c4cccc(Cl)c4)cc3)cccc2c1. The maximum Gasteiger partial charge on any atom is 0.251 e. The Balaban J connectivity index is 1.46. The third-order valence-electron chi connectivity index (χ3n) is 5.28. The van der Waals surface area contributed by atoms with E-state index in [4.69, 9.17) is 11.6 Å². The zero-order chi connectivity index (χ0) is 21.8. The molecule has 4 heteroatoms. The molecule has 0 atom stereocenters. The number of nitrogens with zero attached hydrogens (tertiary/aromatic N) is 1. The summed E-state index contributed by atoms with van der Waals surface area (Å²) in [7, 11) is 4.13. The number of hydrogen-bond donors (Lipinski definition) is 1. The molecule has 4 aromatic rings. The summed E-state index contributed by atoms with van der Waals surface area (Å²) in [6.45, 7) is 1.39. The van der Waals surface area contributed by atoms with E-state index in [1.807, 2.05) is 54.6 Å². The molecule has 0 aliphatic heterocycles. The fourth-order valence-electron chi connectivity index (χ4n) is 3.78. The predicted molar refractivity (Wildman–Crippen MR) is 129 cm³/mol. The van der Waals surface area contributed by atoms with Gasteiger partial charge in [-0.05, 0) is 77.5 Å². The van der Waals surface area contributed by atoms with Gasteiger partial charge in [-0.3, -0.25) is 4.79 Å². The second-order valence-electron chi connectivity index (χ2n) is 7.98. The fourth-order valence-corrected chi connectivity index (χ4v) is 3.97. The van der Waals surface area contributed by atoms with Gasteiger partial charge in [0.2, 0.25) is 0 Å². The van der Waals surface area contributed by atoms with Crippen molar-refractivity contribution in [3.63, 3.8) is 0 Å². The Morgan fingerprint density at radius 1 is 0.871 bits per heavy atom. The van der Waals surface area contributed by atoms with Crippen molar-refractivity contribution in [3.05, 3.63) is 107 Å². The van der Waals surface area contributed by atoms with Crippen molar-refractivity contribution in [1.29, 1.82) is 0 Å². The molecule has 31 heavy (non-hydrogen) atoms. The van der Waals surface area contributed by atoms with Crippen LogP contribution < -0.4 is 5.32 Å². The van der Waals surface area contributed by atoms with Crippen LogP contribution in [0.3, 0.4) is 0 Å². The highest BCUT2D eigenvalue weighted by atomic mass is 35.5. The highest BCUT2D eigenvalue weighted by molar-refractivity contribution is 6.30. The van der Waals surface area contributed by atoms with Gasteiger partial charge in [0.15, 0.2) is 0 Å². The van der Waals surface area contributed by atoms with E-state index in [1.54, 1.807) is 0 Å². The molecule has 0 heterocycles. The molecular weight excluding hydrogens is 404 g/mol. The van der Waals surface area contributed by atoms with Gasteiger partial charge < -0.3 is 10.2 Å². The Labute approximate surface area is 188 Å². The minimum atomic E-state index is -0.0844. The second-order valence-corrected chi connectivity index (χ2v) is 8.42. The first-order chi connectivity index (χ1) is 15.0. The van der Waals surface area contributed by atoms with Crippen molar-refractivity contribution in [2.75, 3.05) is 14.1 Å². The van der Waals surface area contributed by atoms with Crippen LogP contribution in [0, 0.1) is 0 Å². The maximum atomic E-state index is 12.7. The highest BCUT2D eigenvalue weighted by Gasteiger charge is 2.08. The number of carbonyl (C=O) groups excluding carboxylic acids is 1.